The Labute approximate surface area is 131 Å². The monoisotopic (exact) mass is 346 g/mol. The normalized spacial score (nSPS) is 12.2. The van der Waals surface area contributed by atoms with Crippen molar-refractivity contribution >= 4 is 18.0 Å². The second-order valence-corrected chi connectivity index (χ2v) is 9.68. The van der Waals surface area contributed by atoms with Crippen LogP contribution in [0.5, 0.6) is 0 Å². The summed E-state index contributed by atoms with van der Waals surface area (Å²) < 4.78 is 39.9. The fourth-order valence-corrected chi connectivity index (χ4v) is 2.96. The maximum atomic E-state index is 9.84. The summed E-state index contributed by atoms with van der Waals surface area (Å²) in [6, 6.07) is 0. The Bertz CT molecular complexity index is 335. The predicted octanol–water partition coefficient (Wildman–Crippen LogP) is 3.47. The van der Waals surface area contributed by atoms with Gasteiger partial charge in [0.1, 0.15) is 0 Å². The Balaban J connectivity index is 0. The van der Waals surface area contributed by atoms with E-state index in [4.69, 9.17) is 9.08 Å². The Hall–Kier alpha value is 0.220. The van der Waals surface area contributed by atoms with Crippen LogP contribution < -0.4 is 0 Å². The van der Waals surface area contributed by atoms with Crippen molar-refractivity contribution in [3.05, 3.63) is 0 Å². The first-order valence-electron chi connectivity index (χ1n) is 7.42. The lowest BCUT2D eigenvalue weighted by Gasteiger charge is -2.24. The molecule has 6 nitrogen and oxygen atoms in total. The van der Waals surface area contributed by atoms with E-state index in [9.17, 15) is 8.42 Å². The van der Waals surface area contributed by atoms with Crippen molar-refractivity contribution in [1.82, 2.24) is 4.67 Å². The van der Waals surface area contributed by atoms with Crippen molar-refractivity contribution in [3.8, 4) is 0 Å². The van der Waals surface area contributed by atoms with E-state index in [1.807, 2.05) is 6.92 Å². The molecule has 0 radical (unpaired) electrons. The fourth-order valence-electron chi connectivity index (χ4n) is 1.18. The van der Waals surface area contributed by atoms with Gasteiger partial charge in [0, 0.05) is 13.6 Å². The lowest BCUT2D eigenvalue weighted by molar-refractivity contribution is 0.264. The second kappa shape index (κ2) is 12.7. The van der Waals surface area contributed by atoms with Gasteiger partial charge in [-0.1, -0.05) is 26.7 Å². The molecule has 0 unspecified atom stereocenters. The lowest BCUT2D eigenvalue weighted by Crippen LogP contribution is -2.20. The summed E-state index contributed by atoms with van der Waals surface area (Å²) in [6.45, 7) is 12.8. The molecular weight excluding hydrogens is 313 g/mol. The molecule has 1 N–H and O–H groups in total. The van der Waals surface area contributed by atoms with E-state index in [1.165, 1.54) is 12.8 Å². The topological polar surface area (TPSA) is 76.1 Å². The highest BCUT2D eigenvalue weighted by Crippen LogP contribution is 2.54. The van der Waals surface area contributed by atoms with Crippen molar-refractivity contribution < 1.29 is 21.7 Å². The van der Waals surface area contributed by atoms with Gasteiger partial charge in [0.05, 0.1) is 26.5 Å². The third kappa shape index (κ3) is 16.4. The first kappa shape index (κ1) is 23.5. The molecule has 0 rings (SSSR count). The Kier molecular flexibility index (Phi) is 14.2. The molecule has 8 heteroatoms. The van der Waals surface area contributed by atoms with Crippen LogP contribution in [0.15, 0.2) is 0 Å². The number of hydrogen-bond donors (Lipinski definition) is 1. The van der Waals surface area contributed by atoms with E-state index in [0.29, 0.717) is 6.42 Å². The van der Waals surface area contributed by atoms with Gasteiger partial charge in [-0.15, -0.1) is 0 Å². The van der Waals surface area contributed by atoms with E-state index < -0.39 is 18.0 Å². The van der Waals surface area contributed by atoms with Crippen molar-refractivity contribution in [2.24, 2.45) is 0 Å². The average Bonchev–Trinajstić information content (AvgIpc) is 2.37. The summed E-state index contributed by atoms with van der Waals surface area (Å²) in [5, 5.41) is 0. The van der Waals surface area contributed by atoms with Crippen molar-refractivity contribution in [2.45, 2.75) is 46.5 Å². The minimum atomic E-state index is -4.20. The van der Waals surface area contributed by atoms with Gasteiger partial charge in [-0.25, -0.2) is 8.71 Å². The van der Waals surface area contributed by atoms with Gasteiger partial charge in [0.25, 0.3) is 0 Å². The second-order valence-electron chi connectivity index (χ2n) is 5.06. The number of rotatable bonds is 10. The molecule has 21 heavy (non-hydrogen) atoms. The zero-order valence-electron chi connectivity index (χ0n) is 14.3. The first-order chi connectivity index (χ1) is 9.60. The van der Waals surface area contributed by atoms with Crippen LogP contribution >= 0.6 is 7.64 Å². The van der Waals surface area contributed by atoms with Crippen molar-refractivity contribution in [2.75, 3.05) is 40.1 Å². The Morgan fingerprint density at radius 2 is 1.52 bits per heavy atom. The van der Waals surface area contributed by atoms with Crippen LogP contribution in [-0.2, 0) is 19.1 Å². The molecule has 0 heterocycles. The summed E-state index contributed by atoms with van der Waals surface area (Å²) in [5.74, 6) is 0. The first-order valence-corrected chi connectivity index (χ1v) is 11.3. The maximum absolute atomic E-state index is 9.84. The third-order valence-electron chi connectivity index (χ3n) is 2.92. The van der Waals surface area contributed by atoms with Gasteiger partial charge in [0.2, 0.25) is 7.64 Å². The predicted molar refractivity (Wildman–Crippen MR) is 90.3 cm³/mol. The Morgan fingerprint density at radius 3 is 1.90 bits per heavy atom. The van der Waals surface area contributed by atoms with Crippen LogP contribution in [0.25, 0.3) is 0 Å². The van der Waals surface area contributed by atoms with Crippen LogP contribution in [-0.4, -0.2) is 57.8 Å². The number of nitrogens with zero attached hydrogens (tertiary/aromatic N) is 1. The highest BCUT2D eigenvalue weighted by Gasteiger charge is 2.31. The molecule has 0 aromatic rings. The minimum absolute atomic E-state index is 0.0648. The van der Waals surface area contributed by atoms with Gasteiger partial charge in [0.15, 0.2) is 0 Å². The van der Waals surface area contributed by atoms with Crippen LogP contribution in [0.2, 0.25) is 0 Å². The summed E-state index contributed by atoms with van der Waals surface area (Å²) in [6.07, 6.45) is 3.88. The largest absolute Gasteiger partial charge is 0.397 e. The average molecular weight is 346 g/mol. The highest BCUT2D eigenvalue weighted by molar-refractivity contribution is 7.80. The Morgan fingerprint density at radius 1 is 1.05 bits per heavy atom. The standard InChI is InChI=1S/C9H23NOP.C4H10O4S/c1-6-8-9-11-12(4,5)10(3)7-2;1-2-3-4-8-9(5,6)7/h6-9H2,1-5H3;2-4H2,1H3,(H,5,6,7)/q+1;. The highest BCUT2D eigenvalue weighted by atomic mass is 32.3. The maximum Gasteiger partial charge on any atom is 0.397 e. The van der Waals surface area contributed by atoms with E-state index in [0.717, 1.165) is 19.6 Å². The molecule has 0 aliphatic carbocycles. The van der Waals surface area contributed by atoms with Crippen LogP contribution in [0.4, 0.5) is 0 Å². The summed E-state index contributed by atoms with van der Waals surface area (Å²) in [4.78, 5) is 0. The molecule has 130 valence electrons. The summed E-state index contributed by atoms with van der Waals surface area (Å²) in [7, 11) is -3.29. The molecule has 0 fully saturated rings. The van der Waals surface area contributed by atoms with E-state index in [1.54, 1.807) is 0 Å². The molecule has 0 aromatic heterocycles. The molecule has 0 aromatic carbocycles. The lowest BCUT2D eigenvalue weighted by atomic mass is 10.4. The molecule has 0 aliphatic rings. The van der Waals surface area contributed by atoms with Gasteiger partial charge in [-0.2, -0.15) is 13.1 Å². The number of unbranched alkanes of at least 4 members (excludes halogenated alkanes) is 2. The van der Waals surface area contributed by atoms with Crippen LogP contribution in [0.1, 0.15) is 46.5 Å². The zero-order chi connectivity index (χ0) is 16.9. The van der Waals surface area contributed by atoms with Gasteiger partial charge >= 0.3 is 10.4 Å². The summed E-state index contributed by atoms with van der Waals surface area (Å²) >= 11 is 0. The quantitative estimate of drug-likeness (QED) is 0.371. The molecule has 0 spiro atoms. The van der Waals surface area contributed by atoms with Gasteiger partial charge in [-0.3, -0.25) is 4.55 Å². The smallest absolute Gasteiger partial charge is 0.264 e. The number of hydrogen-bond acceptors (Lipinski definition) is 5. The van der Waals surface area contributed by atoms with Crippen LogP contribution in [0.3, 0.4) is 0 Å². The van der Waals surface area contributed by atoms with Crippen molar-refractivity contribution in [1.29, 1.82) is 0 Å². The molecule has 0 atom stereocenters. The molecule has 0 aliphatic heterocycles. The van der Waals surface area contributed by atoms with Crippen LogP contribution in [0, 0.1) is 0 Å². The molecule has 0 saturated carbocycles. The van der Waals surface area contributed by atoms with Gasteiger partial charge in [-0.05, 0) is 19.8 Å². The minimum Gasteiger partial charge on any atom is -0.264 e. The van der Waals surface area contributed by atoms with E-state index in [2.05, 4.69) is 43.1 Å². The van der Waals surface area contributed by atoms with E-state index >= 15 is 0 Å². The van der Waals surface area contributed by atoms with Crippen molar-refractivity contribution in [3.63, 3.8) is 0 Å². The SMILES string of the molecule is CCCCOS(=O)(=O)O.CCCCO[P+](C)(C)N(C)CC. The molecule has 0 amide bonds. The van der Waals surface area contributed by atoms with Gasteiger partial charge < -0.3 is 0 Å². The molecule has 0 bridgehead atoms. The van der Waals surface area contributed by atoms with E-state index in [-0.39, 0.29) is 6.61 Å². The molecular formula is C13H33NO5PS+. The molecule has 0 saturated heterocycles. The summed E-state index contributed by atoms with van der Waals surface area (Å²) in [5.41, 5.74) is 0. The fraction of sp³-hybridized carbons (Fsp3) is 1.00. The zero-order valence-corrected chi connectivity index (χ0v) is 16.0. The third-order valence-corrected chi connectivity index (χ3v) is 6.12.